The van der Waals surface area contributed by atoms with E-state index >= 15 is 0 Å². The van der Waals surface area contributed by atoms with Gasteiger partial charge in [0.2, 0.25) is 5.91 Å². The largest absolute Gasteiger partial charge is 0.444 e. The average molecular weight is 309 g/mol. The van der Waals surface area contributed by atoms with Gasteiger partial charge < -0.3 is 10.5 Å². The summed E-state index contributed by atoms with van der Waals surface area (Å²) >= 11 is 0. The zero-order valence-corrected chi connectivity index (χ0v) is 12.7. The van der Waals surface area contributed by atoms with Crippen LogP contribution in [0.5, 0.6) is 0 Å². The van der Waals surface area contributed by atoms with Crippen LogP contribution in [0.1, 0.15) is 26.3 Å². The van der Waals surface area contributed by atoms with Crippen LogP contribution in [0.25, 0.3) is 0 Å². The summed E-state index contributed by atoms with van der Waals surface area (Å²) in [6, 6.07) is 4.72. The second-order valence-corrected chi connectivity index (χ2v) is 5.73. The van der Waals surface area contributed by atoms with E-state index in [-0.39, 0.29) is 12.1 Å². The van der Waals surface area contributed by atoms with Gasteiger partial charge >= 0.3 is 6.09 Å². The van der Waals surface area contributed by atoms with Crippen molar-refractivity contribution in [3.8, 4) is 0 Å². The highest BCUT2D eigenvalue weighted by molar-refractivity contribution is 5.94. The van der Waals surface area contributed by atoms with Crippen molar-refractivity contribution in [3.05, 3.63) is 39.9 Å². The van der Waals surface area contributed by atoms with Gasteiger partial charge in [-0.2, -0.15) is 0 Å². The Balaban J connectivity index is 2.57. The van der Waals surface area contributed by atoms with Crippen LogP contribution in [0.15, 0.2) is 24.3 Å². The number of rotatable bonds is 4. The predicted molar refractivity (Wildman–Crippen MR) is 79.2 cm³/mol. The number of nitrogens with zero attached hydrogens (tertiary/aromatic N) is 1. The van der Waals surface area contributed by atoms with Gasteiger partial charge in [-0.1, -0.05) is 12.1 Å². The van der Waals surface area contributed by atoms with Gasteiger partial charge in [-0.05, 0) is 32.8 Å². The molecule has 0 saturated carbocycles. The number of nitro groups is 1. The molecule has 0 aliphatic rings. The lowest BCUT2D eigenvalue weighted by Crippen LogP contribution is -2.46. The fraction of sp³-hybridized carbons (Fsp3) is 0.429. The van der Waals surface area contributed by atoms with E-state index in [4.69, 9.17) is 10.5 Å². The van der Waals surface area contributed by atoms with Crippen molar-refractivity contribution in [1.29, 1.82) is 0 Å². The van der Waals surface area contributed by atoms with Crippen molar-refractivity contribution < 1.29 is 19.2 Å². The summed E-state index contributed by atoms with van der Waals surface area (Å²) in [4.78, 5) is 33.3. The molecule has 8 nitrogen and oxygen atoms in total. The molecule has 120 valence electrons. The van der Waals surface area contributed by atoms with Crippen LogP contribution in [-0.2, 0) is 16.0 Å². The number of benzene rings is 1. The summed E-state index contributed by atoms with van der Waals surface area (Å²) in [7, 11) is 0. The summed E-state index contributed by atoms with van der Waals surface area (Å²) in [6.07, 6.45) is -0.719. The molecule has 0 unspecified atom stereocenters. The van der Waals surface area contributed by atoms with Crippen LogP contribution < -0.4 is 11.1 Å². The molecule has 0 aromatic heterocycles. The van der Waals surface area contributed by atoms with E-state index in [2.05, 4.69) is 5.32 Å². The molecule has 1 rings (SSSR count). The maximum Gasteiger partial charge on any atom is 0.414 e. The van der Waals surface area contributed by atoms with Crippen molar-refractivity contribution in [3.63, 3.8) is 0 Å². The fourth-order valence-corrected chi connectivity index (χ4v) is 1.60. The lowest BCUT2D eigenvalue weighted by atomic mass is 10.1. The van der Waals surface area contributed by atoms with Crippen LogP contribution in [0, 0.1) is 10.1 Å². The Bertz CT molecular complexity index is 563. The van der Waals surface area contributed by atoms with Crippen molar-refractivity contribution in [2.45, 2.75) is 38.8 Å². The van der Waals surface area contributed by atoms with E-state index < -0.39 is 28.6 Å². The number of hydrogen-bond acceptors (Lipinski definition) is 6. The minimum atomic E-state index is -0.964. The summed E-state index contributed by atoms with van der Waals surface area (Å²) in [6.45, 7) is 5.02. The van der Waals surface area contributed by atoms with Crippen LogP contribution >= 0.6 is 0 Å². The third-order valence-electron chi connectivity index (χ3n) is 2.56. The highest BCUT2D eigenvalue weighted by Gasteiger charge is 2.21. The highest BCUT2D eigenvalue weighted by atomic mass is 16.6. The maximum absolute atomic E-state index is 11.8. The quantitative estimate of drug-likeness (QED) is 0.641. The zero-order chi connectivity index (χ0) is 16.9. The van der Waals surface area contributed by atoms with E-state index in [0.29, 0.717) is 5.56 Å². The second-order valence-electron chi connectivity index (χ2n) is 5.73. The molecular formula is C14H19N3O5. The summed E-state index contributed by atoms with van der Waals surface area (Å²) < 4.78 is 4.95. The molecule has 22 heavy (non-hydrogen) atoms. The van der Waals surface area contributed by atoms with Crippen molar-refractivity contribution >= 4 is 17.7 Å². The molecule has 3 N–H and O–H groups in total. The molecule has 0 aliphatic carbocycles. The normalized spacial score (nSPS) is 12.4. The molecule has 0 spiro atoms. The number of carbonyl (C=O) groups excluding carboxylic acids is 2. The van der Waals surface area contributed by atoms with Gasteiger partial charge in [0, 0.05) is 12.1 Å². The third-order valence-corrected chi connectivity index (χ3v) is 2.56. The third kappa shape index (κ3) is 5.88. The number of nitrogens with two attached hydrogens (primary N) is 1. The summed E-state index contributed by atoms with van der Waals surface area (Å²) in [5, 5.41) is 12.6. The zero-order valence-electron chi connectivity index (χ0n) is 12.7. The molecule has 0 aliphatic heterocycles. The Morgan fingerprint density at radius 3 is 2.32 bits per heavy atom. The van der Waals surface area contributed by atoms with Gasteiger partial charge in [0.1, 0.15) is 5.60 Å². The number of ether oxygens (including phenoxy) is 1. The average Bonchev–Trinajstić information content (AvgIpc) is 2.36. The van der Waals surface area contributed by atoms with Gasteiger partial charge in [-0.3, -0.25) is 20.2 Å². The van der Waals surface area contributed by atoms with Gasteiger partial charge in [-0.25, -0.2) is 4.79 Å². The lowest BCUT2D eigenvalue weighted by molar-refractivity contribution is -0.384. The Kier molecular flexibility index (Phi) is 5.58. The van der Waals surface area contributed by atoms with E-state index in [1.165, 1.54) is 24.3 Å². The number of carbonyl (C=O) groups is 2. The highest BCUT2D eigenvalue weighted by Crippen LogP contribution is 2.13. The monoisotopic (exact) mass is 309 g/mol. The second kappa shape index (κ2) is 6.99. The van der Waals surface area contributed by atoms with Gasteiger partial charge in [0.05, 0.1) is 11.0 Å². The molecule has 8 heteroatoms. The van der Waals surface area contributed by atoms with Crippen LogP contribution in [0.3, 0.4) is 0 Å². The van der Waals surface area contributed by atoms with E-state index in [0.717, 1.165) is 0 Å². The van der Waals surface area contributed by atoms with Gasteiger partial charge in [-0.15, -0.1) is 0 Å². The number of non-ortho nitro benzene ring substituents is 1. The molecular weight excluding hydrogens is 290 g/mol. The molecule has 1 aromatic rings. The van der Waals surface area contributed by atoms with E-state index in [9.17, 15) is 19.7 Å². The smallest absolute Gasteiger partial charge is 0.414 e. The number of hydrogen-bond donors (Lipinski definition) is 2. The summed E-state index contributed by atoms with van der Waals surface area (Å²) in [5.41, 5.74) is 5.59. The van der Waals surface area contributed by atoms with E-state index in [1.807, 2.05) is 0 Å². The fourth-order valence-electron chi connectivity index (χ4n) is 1.60. The minimum Gasteiger partial charge on any atom is -0.444 e. The molecule has 0 heterocycles. The molecule has 1 atom stereocenters. The number of imide groups is 1. The topological polar surface area (TPSA) is 125 Å². The number of nitro benzene ring substituents is 1. The van der Waals surface area contributed by atoms with Gasteiger partial charge in [0.25, 0.3) is 5.69 Å². The Hall–Kier alpha value is -2.48. The van der Waals surface area contributed by atoms with Crippen LogP contribution in [0.4, 0.5) is 10.5 Å². The van der Waals surface area contributed by atoms with Crippen molar-refractivity contribution in [2.75, 3.05) is 0 Å². The Morgan fingerprint density at radius 2 is 1.86 bits per heavy atom. The molecule has 0 saturated heterocycles. The molecule has 1 aromatic carbocycles. The maximum atomic E-state index is 11.8. The van der Waals surface area contributed by atoms with Crippen LogP contribution in [-0.4, -0.2) is 28.6 Å². The summed E-state index contributed by atoms with van der Waals surface area (Å²) in [5.74, 6) is -0.674. The lowest BCUT2D eigenvalue weighted by Gasteiger charge is -2.20. The minimum absolute atomic E-state index is 0.0458. The first-order valence-electron chi connectivity index (χ1n) is 6.61. The van der Waals surface area contributed by atoms with Crippen molar-refractivity contribution in [1.82, 2.24) is 5.32 Å². The molecule has 2 amide bonds. The van der Waals surface area contributed by atoms with E-state index in [1.54, 1.807) is 20.8 Å². The standard InChI is InChI=1S/C14H19N3O5/c1-14(2,3)22-13(19)16-12(18)11(15)8-9-4-6-10(7-5-9)17(20)21/h4-7,11H,8,15H2,1-3H3,(H,16,18,19)/t11-/m0/s1. The van der Waals surface area contributed by atoms with Crippen LogP contribution in [0.2, 0.25) is 0 Å². The molecule has 0 bridgehead atoms. The Morgan fingerprint density at radius 1 is 1.32 bits per heavy atom. The number of nitrogens with one attached hydrogen (secondary N) is 1. The molecule has 0 radical (unpaired) electrons. The first kappa shape index (κ1) is 17.6. The van der Waals surface area contributed by atoms with Gasteiger partial charge in [0.15, 0.2) is 0 Å². The Labute approximate surface area is 127 Å². The van der Waals surface area contributed by atoms with Crippen molar-refractivity contribution in [2.24, 2.45) is 5.73 Å². The molecule has 0 fully saturated rings. The SMILES string of the molecule is CC(C)(C)OC(=O)NC(=O)[C@@H](N)Cc1ccc([N+](=O)[O-])cc1. The predicted octanol–water partition coefficient (Wildman–Crippen LogP) is 1.52. The first-order chi connectivity index (χ1) is 10.1. The number of amides is 2. The first-order valence-corrected chi connectivity index (χ1v) is 6.61. The number of alkyl carbamates (subject to hydrolysis) is 1.